The van der Waals surface area contributed by atoms with Crippen molar-refractivity contribution in [2.75, 3.05) is 6.54 Å². The molecule has 0 saturated carbocycles. The number of ether oxygens (including phenoxy) is 1. The predicted molar refractivity (Wildman–Crippen MR) is 51.7 cm³/mol. The third-order valence-corrected chi connectivity index (χ3v) is 1.66. The summed E-state index contributed by atoms with van der Waals surface area (Å²) >= 11 is 0. The molecule has 78 valence electrons. The first-order valence-electron chi connectivity index (χ1n) is 4.61. The Morgan fingerprint density at radius 3 is 2.64 bits per heavy atom. The van der Waals surface area contributed by atoms with Crippen LogP contribution in [0.2, 0.25) is 0 Å². The van der Waals surface area contributed by atoms with E-state index in [1.165, 1.54) is 6.08 Å². The fourth-order valence-corrected chi connectivity index (χ4v) is 1.09. The molecule has 0 atom stereocenters. The minimum absolute atomic E-state index is 0.300. The van der Waals surface area contributed by atoms with Gasteiger partial charge in [0, 0.05) is 6.54 Å². The van der Waals surface area contributed by atoms with Gasteiger partial charge in [-0.2, -0.15) is 0 Å². The summed E-state index contributed by atoms with van der Waals surface area (Å²) in [4.78, 5) is 23.8. The monoisotopic (exact) mass is 197 g/mol. The van der Waals surface area contributed by atoms with Crippen molar-refractivity contribution in [1.29, 1.82) is 0 Å². The molecule has 0 saturated heterocycles. The van der Waals surface area contributed by atoms with Gasteiger partial charge in [0.2, 0.25) is 0 Å². The van der Waals surface area contributed by atoms with Crippen molar-refractivity contribution in [3.63, 3.8) is 0 Å². The smallest absolute Gasteiger partial charge is 0.417 e. The van der Waals surface area contributed by atoms with Crippen molar-refractivity contribution in [3.8, 4) is 0 Å². The summed E-state index contributed by atoms with van der Waals surface area (Å²) in [5.41, 5.74) is -0.557. The number of amides is 2. The van der Waals surface area contributed by atoms with Gasteiger partial charge in [0.25, 0.3) is 5.91 Å². The second kappa shape index (κ2) is 3.82. The van der Waals surface area contributed by atoms with E-state index in [4.69, 9.17) is 4.74 Å². The second-order valence-electron chi connectivity index (χ2n) is 4.16. The van der Waals surface area contributed by atoms with Crippen molar-refractivity contribution in [1.82, 2.24) is 4.90 Å². The Hall–Kier alpha value is -1.32. The molecule has 1 heterocycles. The average Bonchev–Trinajstić information content (AvgIpc) is 2.01. The molecule has 1 aliphatic heterocycles. The SMILES string of the molecule is CC(C)(C)OC(=O)N1CCC=CC1=O. The molecular formula is C10H15NO3. The van der Waals surface area contributed by atoms with Gasteiger partial charge in [-0.3, -0.25) is 4.79 Å². The molecule has 0 aromatic carbocycles. The molecule has 4 nitrogen and oxygen atoms in total. The van der Waals surface area contributed by atoms with Crippen molar-refractivity contribution in [3.05, 3.63) is 12.2 Å². The first kappa shape index (κ1) is 10.8. The second-order valence-corrected chi connectivity index (χ2v) is 4.16. The molecule has 0 fully saturated rings. The van der Waals surface area contributed by atoms with Crippen LogP contribution in [0.1, 0.15) is 27.2 Å². The highest BCUT2D eigenvalue weighted by atomic mass is 16.6. The molecule has 1 rings (SSSR count). The van der Waals surface area contributed by atoms with Crippen LogP contribution in [-0.4, -0.2) is 29.0 Å². The van der Waals surface area contributed by atoms with Gasteiger partial charge >= 0.3 is 6.09 Å². The molecule has 0 radical (unpaired) electrons. The molecule has 4 heteroatoms. The van der Waals surface area contributed by atoms with Gasteiger partial charge in [-0.05, 0) is 33.3 Å². The van der Waals surface area contributed by atoms with Crippen LogP contribution in [0.5, 0.6) is 0 Å². The number of nitrogens with zero attached hydrogens (tertiary/aromatic N) is 1. The van der Waals surface area contributed by atoms with E-state index in [-0.39, 0.29) is 5.91 Å². The Labute approximate surface area is 83.5 Å². The molecule has 2 amide bonds. The fraction of sp³-hybridized carbons (Fsp3) is 0.600. The number of rotatable bonds is 0. The first-order chi connectivity index (χ1) is 6.40. The van der Waals surface area contributed by atoms with Crippen LogP contribution in [-0.2, 0) is 9.53 Å². The predicted octanol–water partition coefficient (Wildman–Crippen LogP) is 1.71. The minimum Gasteiger partial charge on any atom is -0.443 e. The van der Waals surface area contributed by atoms with Crippen molar-refractivity contribution >= 4 is 12.0 Å². The van der Waals surface area contributed by atoms with E-state index in [1.807, 2.05) is 0 Å². The number of carbonyl (C=O) groups excluding carboxylic acids is 2. The summed E-state index contributed by atoms with van der Waals surface area (Å²) in [5, 5.41) is 0. The van der Waals surface area contributed by atoms with Crippen molar-refractivity contribution < 1.29 is 14.3 Å². The lowest BCUT2D eigenvalue weighted by atomic mass is 10.2. The third kappa shape index (κ3) is 2.87. The van der Waals surface area contributed by atoms with Gasteiger partial charge < -0.3 is 4.74 Å². The zero-order valence-corrected chi connectivity index (χ0v) is 8.74. The van der Waals surface area contributed by atoms with Gasteiger partial charge in [0.15, 0.2) is 0 Å². The van der Waals surface area contributed by atoms with Crippen molar-refractivity contribution in [2.45, 2.75) is 32.8 Å². The van der Waals surface area contributed by atoms with Crippen LogP contribution in [0.15, 0.2) is 12.2 Å². The molecule has 0 bridgehead atoms. The Morgan fingerprint density at radius 1 is 1.50 bits per heavy atom. The summed E-state index contributed by atoms with van der Waals surface area (Å²) < 4.78 is 5.08. The molecule has 0 aliphatic carbocycles. The van der Waals surface area contributed by atoms with Gasteiger partial charge in [-0.15, -0.1) is 0 Å². The van der Waals surface area contributed by atoms with E-state index in [9.17, 15) is 9.59 Å². The standard InChI is InChI=1S/C10H15NO3/c1-10(2,3)14-9(13)11-7-5-4-6-8(11)12/h4,6H,5,7H2,1-3H3. The number of hydrogen-bond acceptors (Lipinski definition) is 3. The summed E-state index contributed by atoms with van der Waals surface area (Å²) in [6, 6.07) is 0. The summed E-state index contributed by atoms with van der Waals surface area (Å²) in [5.74, 6) is -0.300. The normalized spacial score (nSPS) is 17.1. The van der Waals surface area contributed by atoms with E-state index < -0.39 is 11.7 Å². The maximum Gasteiger partial charge on any atom is 0.417 e. The zero-order chi connectivity index (χ0) is 10.8. The van der Waals surface area contributed by atoms with Gasteiger partial charge in [0.1, 0.15) is 5.60 Å². The maximum atomic E-state index is 11.5. The average molecular weight is 197 g/mol. The third-order valence-electron chi connectivity index (χ3n) is 1.66. The van der Waals surface area contributed by atoms with E-state index in [2.05, 4.69) is 0 Å². The molecule has 0 aromatic rings. The van der Waals surface area contributed by atoms with Gasteiger partial charge in [0.05, 0.1) is 0 Å². The largest absolute Gasteiger partial charge is 0.443 e. The van der Waals surface area contributed by atoms with Gasteiger partial charge in [-0.1, -0.05) is 6.08 Å². The highest BCUT2D eigenvalue weighted by Gasteiger charge is 2.26. The number of imide groups is 1. The van der Waals surface area contributed by atoms with E-state index >= 15 is 0 Å². The van der Waals surface area contributed by atoms with Crippen LogP contribution >= 0.6 is 0 Å². The molecule has 0 N–H and O–H groups in total. The maximum absolute atomic E-state index is 11.5. The van der Waals surface area contributed by atoms with Crippen LogP contribution in [0.4, 0.5) is 4.79 Å². The topological polar surface area (TPSA) is 46.6 Å². The minimum atomic E-state index is -0.563. The van der Waals surface area contributed by atoms with Crippen LogP contribution in [0.3, 0.4) is 0 Å². The molecule has 14 heavy (non-hydrogen) atoms. The quantitative estimate of drug-likeness (QED) is 0.594. The van der Waals surface area contributed by atoms with E-state index in [0.29, 0.717) is 13.0 Å². The van der Waals surface area contributed by atoms with E-state index in [1.54, 1.807) is 26.8 Å². The number of hydrogen-bond donors (Lipinski definition) is 0. The van der Waals surface area contributed by atoms with Crippen LogP contribution in [0, 0.1) is 0 Å². The first-order valence-corrected chi connectivity index (χ1v) is 4.61. The lowest BCUT2D eigenvalue weighted by Crippen LogP contribution is -2.41. The molecular weight excluding hydrogens is 182 g/mol. The van der Waals surface area contributed by atoms with E-state index in [0.717, 1.165) is 4.90 Å². The van der Waals surface area contributed by atoms with Crippen molar-refractivity contribution in [2.24, 2.45) is 0 Å². The molecule has 0 unspecified atom stereocenters. The van der Waals surface area contributed by atoms with Crippen LogP contribution in [0.25, 0.3) is 0 Å². The van der Waals surface area contributed by atoms with Crippen LogP contribution < -0.4 is 0 Å². The molecule has 1 aliphatic rings. The highest BCUT2D eigenvalue weighted by Crippen LogP contribution is 2.12. The lowest BCUT2D eigenvalue weighted by molar-refractivity contribution is -0.125. The fourth-order valence-electron chi connectivity index (χ4n) is 1.09. The summed E-state index contributed by atoms with van der Waals surface area (Å²) in [6.07, 6.45) is 3.29. The van der Waals surface area contributed by atoms with Gasteiger partial charge in [-0.25, -0.2) is 9.69 Å². The molecule has 0 spiro atoms. The highest BCUT2D eigenvalue weighted by molar-refractivity contribution is 5.99. The lowest BCUT2D eigenvalue weighted by Gasteiger charge is -2.26. The Balaban J connectivity index is 2.61. The summed E-state index contributed by atoms with van der Waals surface area (Å²) in [7, 11) is 0. The molecule has 0 aromatic heterocycles. The summed E-state index contributed by atoms with van der Waals surface area (Å²) in [6.45, 7) is 5.73. The zero-order valence-electron chi connectivity index (χ0n) is 8.74. The Morgan fingerprint density at radius 2 is 2.14 bits per heavy atom. The Bertz CT molecular complexity index is 276. The Kier molecular flexibility index (Phi) is 2.93. The number of carbonyl (C=O) groups is 2.